The zero-order valence-electron chi connectivity index (χ0n) is 11.9. The third-order valence-electron chi connectivity index (χ3n) is 2.75. The molecule has 0 bridgehead atoms. The summed E-state index contributed by atoms with van der Waals surface area (Å²) in [6.45, 7) is 1.51. The molecule has 0 radical (unpaired) electrons. The fourth-order valence-electron chi connectivity index (χ4n) is 1.67. The summed E-state index contributed by atoms with van der Waals surface area (Å²) in [7, 11) is -3.50. The second kappa shape index (κ2) is 6.83. The molecule has 0 amide bonds. The molecule has 23 heavy (non-hydrogen) atoms. The van der Waals surface area contributed by atoms with Gasteiger partial charge in [-0.15, -0.1) is 10.2 Å². The van der Waals surface area contributed by atoms with Crippen molar-refractivity contribution in [3.05, 3.63) is 30.5 Å². The van der Waals surface area contributed by atoms with Crippen LogP contribution in [-0.4, -0.2) is 41.3 Å². The van der Waals surface area contributed by atoms with E-state index in [9.17, 15) is 21.6 Å². The molecule has 0 aliphatic rings. The van der Waals surface area contributed by atoms with Crippen LogP contribution in [0.3, 0.4) is 0 Å². The second-order valence-electron chi connectivity index (χ2n) is 4.41. The van der Waals surface area contributed by atoms with Gasteiger partial charge < -0.3 is 0 Å². The number of hydrogen-bond donors (Lipinski definition) is 0. The first-order chi connectivity index (χ1) is 10.7. The summed E-state index contributed by atoms with van der Waals surface area (Å²) in [5.74, 6) is -1.17. The van der Waals surface area contributed by atoms with Crippen LogP contribution in [0.1, 0.15) is 6.92 Å². The average molecular weight is 363 g/mol. The fourth-order valence-corrected chi connectivity index (χ4v) is 3.29. The predicted octanol–water partition coefficient (Wildman–Crippen LogP) is 2.99. The normalized spacial score (nSPS) is 12.3. The lowest BCUT2D eigenvalue weighted by Gasteiger charge is -2.08. The minimum atomic E-state index is -4.30. The molecule has 0 N–H and O–H groups in total. The van der Waals surface area contributed by atoms with Crippen LogP contribution in [0.25, 0.3) is 11.4 Å². The molecule has 0 spiro atoms. The Labute approximate surface area is 135 Å². The molecule has 0 aliphatic heterocycles. The van der Waals surface area contributed by atoms with Crippen molar-refractivity contribution in [2.75, 3.05) is 11.5 Å². The molecule has 0 fully saturated rings. The van der Waals surface area contributed by atoms with Crippen LogP contribution < -0.4 is 0 Å². The topological polar surface area (TPSA) is 72.8 Å². The number of nitrogens with zero attached hydrogens (tertiary/aromatic N) is 3. The van der Waals surface area contributed by atoms with Gasteiger partial charge in [-0.3, -0.25) is 4.98 Å². The van der Waals surface area contributed by atoms with E-state index in [4.69, 9.17) is 0 Å². The highest BCUT2D eigenvalue weighted by molar-refractivity contribution is 7.99. The van der Waals surface area contributed by atoms with Crippen LogP contribution in [0.4, 0.5) is 13.2 Å². The van der Waals surface area contributed by atoms with E-state index in [0.29, 0.717) is 11.8 Å². The summed E-state index contributed by atoms with van der Waals surface area (Å²) in [6.07, 6.45) is -2.88. The number of hydrogen-bond acceptors (Lipinski definition) is 6. The molecular formula is C13H12F3N3O2S2. The minimum absolute atomic E-state index is 0.0208. The van der Waals surface area contributed by atoms with Crippen LogP contribution >= 0.6 is 11.8 Å². The van der Waals surface area contributed by atoms with Gasteiger partial charge in [0.1, 0.15) is 16.4 Å². The molecule has 2 rings (SSSR count). The van der Waals surface area contributed by atoms with Crippen molar-refractivity contribution >= 4 is 21.6 Å². The molecule has 0 saturated heterocycles. The minimum Gasteiger partial charge on any atom is -0.253 e. The van der Waals surface area contributed by atoms with Gasteiger partial charge in [0, 0.05) is 6.20 Å². The number of halogens is 3. The highest BCUT2D eigenvalue weighted by Crippen LogP contribution is 2.28. The average Bonchev–Trinajstić information content (AvgIpc) is 2.53. The summed E-state index contributed by atoms with van der Waals surface area (Å²) in [6, 6.07) is 5.67. The molecule has 0 saturated carbocycles. The van der Waals surface area contributed by atoms with E-state index in [0.717, 1.165) is 0 Å². The smallest absolute Gasteiger partial charge is 0.253 e. The lowest BCUT2D eigenvalue weighted by molar-refractivity contribution is -0.105. The van der Waals surface area contributed by atoms with Crippen molar-refractivity contribution in [1.29, 1.82) is 0 Å². The Balaban J connectivity index is 2.31. The van der Waals surface area contributed by atoms with Crippen LogP contribution in [0, 0.1) is 0 Å². The summed E-state index contributed by atoms with van der Waals surface area (Å²) in [4.78, 5) is 4.03. The van der Waals surface area contributed by atoms with E-state index in [1.165, 1.54) is 37.4 Å². The number of thioether (sulfide) groups is 1. The van der Waals surface area contributed by atoms with E-state index in [2.05, 4.69) is 15.2 Å². The first kappa shape index (κ1) is 17.7. The van der Waals surface area contributed by atoms with Crippen molar-refractivity contribution in [2.24, 2.45) is 0 Å². The number of sulfone groups is 1. The molecule has 124 valence electrons. The third-order valence-corrected chi connectivity index (χ3v) is 5.50. The quantitative estimate of drug-likeness (QED) is 0.761. The Bertz CT molecular complexity index is 778. The van der Waals surface area contributed by atoms with Crippen LogP contribution in [0.15, 0.2) is 40.4 Å². The van der Waals surface area contributed by atoms with E-state index in [1.54, 1.807) is 0 Å². The fraction of sp³-hybridized carbons (Fsp3) is 0.308. The molecule has 0 unspecified atom stereocenters. The Morgan fingerprint density at radius 2 is 1.91 bits per heavy atom. The standard InChI is InChI=1S/C13H12F3N3O2S2/c1-2-23(20,21)10-4-3-7-17-12(10)9-5-6-11(19-18-9)22-8-13(14,15)16/h3-7H,2,8H2,1H3. The number of aromatic nitrogens is 3. The van der Waals surface area contributed by atoms with Gasteiger partial charge in [-0.2, -0.15) is 13.2 Å². The first-order valence-corrected chi connectivity index (χ1v) is 9.08. The van der Waals surface area contributed by atoms with Crippen LogP contribution in [-0.2, 0) is 9.84 Å². The lowest BCUT2D eigenvalue weighted by Crippen LogP contribution is -2.11. The van der Waals surface area contributed by atoms with Gasteiger partial charge in [-0.05, 0) is 24.3 Å². The summed E-state index contributed by atoms with van der Waals surface area (Å²) >= 11 is 0.508. The summed E-state index contributed by atoms with van der Waals surface area (Å²) < 4.78 is 60.6. The Morgan fingerprint density at radius 1 is 1.17 bits per heavy atom. The van der Waals surface area contributed by atoms with Gasteiger partial charge >= 0.3 is 6.18 Å². The maximum absolute atomic E-state index is 12.2. The van der Waals surface area contributed by atoms with Gasteiger partial charge in [0.2, 0.25) is 0 Å². The van der Waals surface area contributed by atoms with Gasteiger partial charge in [0.25, 0.3) is 0 Å². The number of pyridine rings is 1. The highest BCUT2D eigenvalue weighted by atomic mass is 32.2. The highest BCUT2D eigenvalue weighted by Gasteiger charge is 2.27. The van der Waals surface area contributed by atoms with Crippen molar-refractivity contribution < 1.29 is 21.6 Å². The molecule has 2 aromatic heterocycles. The predicted molar refractivity (Wildman–Crippen MR) is 79.8 cm³/mol. The van der Waals surface area contributed by atoms with E-state index in [1.807, 2.05) is 0 Å². The summed E-state index contributed by atoms with van der Waals surface area (Å²) in [5, 5.41) is 7.58. The monoisotopic (exact) mass is 363 g/mol. The van der Waals surface area contributed by atoms with Crippen molar-refractivity contribution in [3.8, 4) is 11.4 Å². The molecule has 10 heteroatoms. The maximum atomic E-state index is 12.2. The van der Waals surface area contributed by atoms with Crippen molar-refractivity contribution in [1.82, 2.24) is 15.2 Å². The summed E-state index contributed by atoms with van der Waals surface area (Å²) in [5.41, 5.74) is 0.322. The van der Waals surface area contributed by atoms with Gasteiger partial charge in [-0.1, -0.05) is 18.7 Å². The molecular weight excluding hydrogens is 351 g/mol. The van der Waals surface area contributed by atoms with Crippen molar-refractivity contribution in [3.63, 3.8) is 0 Å². The zero-order chi connectivity index (χ0) is 17.1. The van der Waals surface area contributed by atoms with Gasteiger partial charge in [0.15, 0.2) is 9.84 Å². The van der Waals surface area contributed by atoms with E-state index in [-0.39, 0.29) is 27.1 Å². The molecule has 2 aromatic rings. The second-order valence-corrected chi connectivity index (χ2v) is 7.66. The molecule has 5 nitrogen and oxygen atoms in total. The lowest BCUT2D eigenvalue weighted by atomic mass is 10.2. The molecule has 0 aromatic carbocycles. The third kappa shape index (κ3) is 4.64. The Hall–Kier alpha value is -1.68. The zero-order valence-corrected chi connectivity index (χ0v) is 13.5. The van der Waals surface area contributed by atoms with Crippen LogP contribution in [0.2, 0.25) is 0 Å². The number of rotatable bonds is 5. The molecule has 0 aliphatic carbocycles. The van der Waals surface area contributed by atoms with Gasteiger partial charge in [0.05, 0.1) is 16.4 Å². The maximum Gasteiger partial charge on any atom is 0.398 e. The van der Waals surface area contributed by atoms with Crippen LogP contribution in [0.5, 0.6) is 0 Å². The largest absolute Gasteiger partial charge is 0.398 e. The van der Waals surface area contributed by atoms with E-state index < -0.39 is 21.8 Å². The van der Waals surface area contributed by atoms with E-state index >= 15 is 0 Å². The number of alkyl halides is 3. The molecule has 2 heterocycles. The first-order valence-electron chi connectivity index (χ1n) is 6.44. The van der Waals surface area contributed by atoms with Crippen molar-refractivity contribution in [2.45, 2.75) is 23.0 Å². The Morgan fingerprint density at radius 3 is 2.48 bits per heavy atom. The molecule has 0 atom stereocenters. The SMILES string of the molecule is CCS(=O)(=O)c1cccnc1-c1ccc(SCC(F)(F)F)nn1. The van der Waals surface area contributed by atoms with Gasteiger partial charge in [-0.25, -0.2) is 8.42 Å². The Kier molecular flexibility index (Phi) is 5.25.